The maximum atomic E-state index is 10.9. The van der Waals surface area contributed by atoms with Crippen LogP contribution in [0.4, 0.5) is 0 Å². The fourth-order valence-corrected chi connectivity index (χ4v) is 1.98. The van der Waals surface area contributed by atoms with Gasteiger partial charge in [0.25, 0.3) is 0 Å². The third-order valence-electron chi connectivity index (χ3n) is 2.58. The summed E-state index contributed by atoms with van der Waals surface area (Å²) in [6.45, 7) is 0. The van der Waals surface area contributed by atoms with Gasteiger partial charge in [0.1, 0.15) is 6.26 Å². The largest absolute Gasteiger partial charge is 0.504 e. The molecule has 0 spiro atoms. The van der Waals surface area contributed by atoms with Gasteiger partial charge in [-0.2, -0.15) is 0 Å². The number of hydrogen-bond donors (Lipinski definition) is 2. The molecular formula is C13H12O4S. The normalized spacial score (nSPS) is 10.5. The first-order valence-corrected chi connectivity index (χ1v) is 6.50. The summed E-state index contributed by atoms with van der Waals surface area (Å²) >= 11 is 1.64. The van der Waals surface area contributed by atoms with Crippen LogP contribution in [-0.2, 0) is 6.42 Å². The van der Waals surface area contributed by atoms with Crippen molar-refractivity contribution in [2.45, 2.75) is 11.3 Å². The van der Waals surface area contributed by atoms with Crippen molar-refractivity contribution in [1.29, 1.82) is 0 Å². The number of thioether (sulfide) groups is 1. The minimum atomic E-state index is -0.936. The molecule has 0 aliphatic rings. The Bertz CT molecular complexity index is 601. The molecule has 0 atom stereocenters. The molecule has 18 heavy (non-hydrogen) atoms. The second-order valence-corrected chi connectivity index (χ2v) is 4.65. The van der Waals surface area contributed by atoms with Crippen LogP contribution in [0.1, 0.15) is 11.1 Å². The Hall–Kier alpha value is -1.88. The second-order valence-electron chi connectivity index (χ2n) is 3.77. The molecule has 0 radical (unpaired) electrons. The SMILES string of the molecule is CSc1ccc(Cc2coc(=O)c(O)c2O)cc1. The number of hydrogen-bond acceptors (Lipinski definition) is 5. The molecule has 1 aromatic carbocycles. The van der Waals surface area contributed by atoms with Crippen LogP contribution in [0.3, 0.4) is 0 Å². The van der Waals surface area contributed by atoms with Crippen LogP contribution in [0.25, 0.3) is 0 Å². The lowest BCUT2D eigenvalue weighted by atomic mass is 10.1. The van der Waals surface area contributed by atoms with E-state index in [0.717, 1.165) is 10.5 Å². The number of rotatable bonds is 3. The fraction of sp³-hybridized carbons (Fsp3) is 0.154. The average Bonchev–Trinajstić information content (AvgIpc) is 2.40. The van der Waals surface area contributed by atoms with Crippen molar-refractivity contribution in [3.05, 3.63) is 52.1 Å². The molecule has 5 heteroatoms. The van der Waals surface area contributed by atoms with Gasteiger partial charge in [-0.15, -0.1) is 11.8 Å². The molecule has 2 aromatic rings. The molecule has 0 saturated carbocycles. The van der Waals surface area contributed by atoms with Crippen LogP contribution < -0.4 is 5.63 Å². The first-order chi connectivity index (χ1) is 8.61. The Morgan fingerprint density at radius 1 is 1.17 bits per heavy atom. The average molecular weight is 264 g/mol. The predicted octanol–water partition coefficient (Wildman–Crippen LogP) is 2.36. The van der Waals surface area contributed by atoms with Crippen molar-refractivity contribution < 1.29 is 14.6 Å². The summed E-state index contributed by atoms with van der Waals surface area (Å²) in [6, 6.07) is 7.78. The first kappa shape index (κ1) is 12.6. The number of aromatic hydroxyl groups is 2. The van der Waals surface area contributed by atoms with Gasteiger partial charge in [0, 0.05) is 16.9 Å². The van der Waals surface area contributed by atoms with Gasteiger partial charge >= 0.3 is 5.63 Å². The Kier molecular flexibility index (Phi) is 3.62. The van der Waals surface area contributed by atoms with E-state index < -0.39 is 17.1 Å². The highest BCUT2D eigenvalue weighted by molar-refractivity contribution is 7.98. The van der Waals surface area contributed by atoms with Crippen LogP contribution in [0, 0.1) is 0 Å². The minimum Gasteiger partial charge on any atom is -0.504 e. The topological polar surface area (TPSA) is 70.7 Å². The Labute approximate surface area is 108 Å². The zero-order valence-corrected chi connectivity index (χ0v) is 10.5. The summed E-state index contributed by atoms with van der Waals surface area (Å²) in [6.07, 6.45) is 3.54. The van der Waals surface area contributed by atoms with Crippen LogP contribution in [0.2, 0.25) is 0 Å². The van der Waals surface area contributed by atoms with E-state index in [9.17, 15) is 15.0 Å². The van der Waals surface area contributed by atoms with Crippen molar-refractivity contribution in [3.63, 3.8) is 0 Å². The van der Waals surface area contributed by atoms with E-state index in [1.807, 2.05) is 30.5 Å². The van der Waals surface area contributed by atoms with Crippen molar-refractivity contribution in [2.24, 2.45) is 0 Å². The summed E-state index contributed by atoms with van der Waals surface area (Å²) in [5.41, 5.74) is 0.398. The molecule has 4 nitrogen and oxygen atoms in total. The van der Waals surface area contributed by atoms with Gasteiger partial charge in [-0.25, -0.2) is 4.79 Å². The monoisotopic (exact) mass is 264 g/mol. The summed E-state index contributed by atoms with van der Waals surface area (Å²) in [5.74, 6) is -1.16. The molecule has 1 heterocycles. The molecule has 0 aliphatic heterocycles. The lowest BCUT2D eigenvalue weighted by molar-refractivity contribution is 0.359. The molecule has 0 unspecified atom stereocenters. The Morgan fingerprint density at radius 3 is 2.44 bits per heavy atom. The van der Waals surface area contributed by atoms with E-state index in [-0.39, 0.29) is 0 Å². The maximum Gasteiger partial charge on any atom is 0.382 e. The molecule has 2 rings (SSSR count). The zero-order valence-electron chi connectivity index (χ0n) is 9.71. The summed E-state index contributed by atoms with van der Waals surface area (Å²) in [7, 11) is 0. The number of benzene rings is 1. The molecular weight excluding hydrogens is 252 g/mol. The van der Waals surface area contributed by atoms with E-state index in [4.69, 9.17) is 0 Å². The smallest absolute Gasteiger partial charge is 0.382 e. The molecule has 94 valence electrons. The highest BCUT2D eigenvalue weighted by Gasteiger charge is 2.12. The molecule has 0 bridgehead atoms. The maximum absolute atomic E-state index is 10.9. The summed E-state index contributed by atoms with van der Waals surface area (Å²) < 4.78 is 4.62. The molecule has 0 amide bonds. The van der Waals surface area contributed by atoms with Gasteiger partial charge in [-0.3, -0.25) is 0 Å². The van der Waals surface area contributed by atoms with Gasteiger partial charge in [-0.05, 0) is 24.0 Å². The second kappa shape index (κ2) is 5.18. The molecule has 2 N–H and O–H groups in total. The highest BCUT2D eigenvalue weighted by Crippen LogP contribution is 2.27. The summed E-state index contributed by atoms with van der Waals surface area (Å²) in [5, 5.41) is 18.9. The van der Waals surface area contributed by atoms with Crippen LogP contribution in [-0.4, -0.2) is 16.5 Å². The van der Waals surface area contributed by atoms with Gasteiger partial charge < -0.3 is 14.6 Å². The van der Waals surface area contributed by atoms with Crippen LogP contribution >= 0.6 is 11.8 Å². The molecule has 0 saturated heterocycles. The predicted molar refractivity (Wildman–Crippen MR) is 69.3 cm³/mol. The van der Waals surface area contributed by atoms with E-state index >= 15 is 0 Å². The molecule has 0 fully saturated rings. The van der Waals surface area contributed by atoms with Gasteiger partial charge in [-0.1, -0.05) is 12.1 Å². The van der Waals surface area contributed by atoms with E-state index in [1.165, 1.54) is 6.26 Å². The lowest BCUT2D eigenvalue weighted by Crippen LogP contribution is -2.00. The van der Waals surface area contributed by atoms with Gasteiger partial charge in [0.05, 0.1) is 0 Å². The third-order valence-corrected chi connectivity index (χ3v) is 3.33. The molecule has 1 aromatic heterocycles. The van der Waals surface area contributed by atoms with Crippen molar-refractivity contribution >= 4 is 11.8 Å². The van der Waals surface area contributed by atoms with Gasteiger partial charge in [0.15, 0.2) is 5.75 Å². The van der Waals surface area contributed by atoms with Crippen molar-refractivity contribution in [1.82, 2.24) is 0 Å². The van der Waals surface area contributed by atoms with E-state index in [0.29, 0.717) is 12.0 Å². The van der Waals surface area contributed by atoms with Crippen molar-refractivity contribution in [2.75, 3.05) is 6.26 Å². The van der Waals surface area contributed by atoms with Crippen LogP contribution in [0.5, 0.6) is 11.5 Å². The van der Waals surface area contributed by atoms with Gasteiger partial charge in [0.2, 0.25) is 5.75 Å². The fourth-order valence-electron chi connectivity index (χ4n) is 1.57. The Morgan fingerprint density at radius 2 is 1.83 bits per heavy atom. The summed E-state index contributed by atoms with van der Waals surface area (Å²) in [4.78, 5) is 12.1. The quantitative estimate of drug-likeness (QED) is 0.833. The van der Waals surface area contributed by atoms with E-state index in [2.05, 4.69) is 4.42 Å². The first-order valence-electron chi connectivity index (χ1n) is 5.27. The minimum absolute atomic E-state index is 0.379. The van der Waals surface area contributed by atoms with Crippen LogP contribution in [0.15, 0.2) is 44.6 Å². The third kappa shape index (κ3) is 2.51. The standard InChI is InChI=1S/C13H12O4S/c1-18-10-4-2-8(3-5-10)6-9-7-17-13(16)12(15)11(9)14/h2-5,7,14-15H,6H2,1H3. The van der Waals surface area contributed by atoms with E-state index in [1.54, 1.807) is 11.8 Å². The Balaban J connectivity index is 2.28. The van der Waals surface area contributed by atoms with Crippen molar-refractivity contribution in [3.8, 4) is 11.5 Å². The highest BCUT2D eigenvalue weighted by atomic mass is 32.2. The zero-order chi connectivity index (χ0) is 13.1. The lowest BCUT2D eigenvalue weighted by Gasteiger charge is -2.05. The molecule has 0 aliphatic carbocycles.